The van der Waals surface area contributed by atoms with Gasteiger partial charge >= 0.3 is 5.97 Å². The van der Waals surface area contributed by atoms with Gasteiger partial charge in [0.05, 0.1) is 12.8 Å². The highest BCUT2D eigenvalue weighted by Crippen LogP contribution is 2.10. The number of esters is 1. The van der Waals surface area contributed by atoms with E-state index in [0.29, 0.717) is 11.3 Å². The van der Waals surface area contributed by atoms with E-state index in [0.717, 1.165) is 17.2 Å². The van der Waals surface area contributed by atoms with E-state index < -0.39 is 24.0 Å². The van der Waals surface area contributed by atoms with E-state index in [1.165, 1.54) is 0 Å². The van der Waals surface area contributed by atoms with Gasteiger partial charge in [-0.1, -0.05) is 34.6 Å². The predicted molar refractivity (Wildman–Crippen MR) is 94.0 cm³/mol. The van der Waals surface area contributed by atoms with Gasteiger partial charge in [0.1, 0.15) is 7.85 Å². The van der Waals surface area contributed by atoms with Crippen LogP contribution in [0.5, 0.6) is 0 Å². The van der Waals surface area contributed by atoms with Gasteiger partial charge in [0.2, 0.25) is 0 Å². The Morgan fingerprint density at radius 3 is 2.62 bits per heavy atom. The van der Waals surface area contributed by atoms with Crippen molar-refractivity contribution in [1.29, 1.82) is 0 Å². The van der Waals surface area contributed by atoms with Crippen molar-refractivity contribution in [2.45, 2.75) is 31.9 Å². The molecule has 0 bridgehead atoms. The Bertz CT molecular complexity index is 749. The summed E-state index contributed by atoms with van der Waals surface area (Å²) in [6.07, 6.45) is 0.0702. The van der Waals surface area contributed by atoms with Crippen molar-refractivity contribution in [3.8, 4) is 0 Å². The number of ether oxygens (including phenoxy) is 1. The van der Waals surface area contributed by atoms with Crippen LogP contribution in [0.3, 0.4) is 0 Å². The zero-order chi connectivity index (χ0) is 19.1. The van der Waals surface area contributed by atoms with E-state index in [9.17, 15) is 14.7 Å². The second-order valence-corrected chi connectivity index (χ2v) is 5.89. The van der Waals surface area contributed by atoms with Crippen molar-refractivity contribution in [2.75, 3.05) is 6.61 Å². The van der Waals surface area contributed by atoms with E-state index in [1.54, 1.807) is 6.92 Å². The summed E-state index contributed by atoms with van der Waals surface area (Å²) in [5.41, 5.74) is 1.95. The summed E-state index contributed by atoms with van der Waals surface area (Å²) in [4.78, 5) is 24.4. The van der Waals surface area contributed by atoms with Crippen LogP contribution in [0.15, 0.2) is 30.5 Å². The number of carbonyl (C=O) groups excluding carboxylic acids is 2. The van der Waals surface area contributed by atoms with Gasteiger partial charge in [0.25, 0.3) is 5.91 Å². The highest BCUT2D eigenvalue weighted by molar-refractivity contribution is 6.32. The van der Waals surface area contributed by atoms with Gasteiger partial charge in [-0.15, -0.1) is 5.10 Å². The van der Waals surface area contributed by atoms with Crippen molar-refractivity contribution in [3.05, 3.63) is 41.7 Å². The first-order valence-corrected chi connectivity index (χ1v) is 8.21. The minimum Gasteiger partial charge on any atom is -0.464 e. The Kier molecular flexibility index (Phi) is 6.73. The van der Waals surface area contributed by atoms with Crippen LogP contribution in [0.1, 0.15) is 29.4 Å². The van der Waals surface area contributed by atoms with Crippen LogP contribution in [0.2, 0.25) is 0 Å². The van der Waals surface area contributed by atoms with Gasteiger partial charge in [-0.05, 0) is 24.1 Å². The molecule has 3 N–H and O–H groups in total. The van der Waals surface area contributed by atoms with Crippen LogP contribution in [0.25, 0.3) is 0 Å². The smallest absolute Gasteiger partial charge is 0.335 e. The van der Waals surface area contributed by atoms with Gasteiger partial charge in [-0.25, -0.2) is 4.79 Å². The Balaban J connectivity index is 2.10. The minimum absolute atomic E-state index is 0.0221. The fourth-order valence-corrected chi connectivity index (χ4v) is 2.42. The highest BCUT2D eigenvalue weighted by Gasteiger charge is 2.24. The van der Waals surface area contributed by atoms with Crippen LogP contribution in [0, 0.1) is 0 Å². The average molecular weight is 360 g/mol. The molecule has 0 fully saturated rings. The molecule has 1 unspecified atom stereocenters. The molecule has 1 amide bonds. The van der Waals surface area contributed by atoms with Crippen molar-refractivity contribution in [1.82, 2.24) is 20.5 Å². The molecule has 2 aromatic rings. The van der Waals surface area contributed by atoms with Crippen LogP contribution in [0.4, 0.5) is 0 Å². The number of benzene rings is 1. The Hall–Kier alpha value is -2.88. The number of hydrogen-bond acceptors (Lipinski definition) is 7. The fourth-order valence-electron chi connectivity index (χ4n) is 2.42. The third-order valence-corrected chi connectivity index (χ3v) is 3.72. The molecule has 1 heterocycles. The number of aromatic nitrogens is 3. The van der Waals surface area contributed by atoms with Crippen molar-refractivity contribution >= 4 is 25.2 Å². The quantitative estimate of drug-likeness (QED) is 0.295. The molecule has 0 saturated heterocycles. The summed E-state index contributed by atoms with van der Waals surface area (Å²) in [5, 5.41) is 28.7. The zero-order valence-corrected chi connectivity index (χ0v) is 14.6. The van der Waals surface area contributed by atoms with Gasteiger partial charge in [0.15, 0.2) is 11.8 Å². The lowest BCUT2D eigenvalue weighted by atomic mass is 9.93. The number of nitrogens with one attached hydrogen (secondary N) is 1. The summed E-state index contributed by atoms with van der Waals surface area (Å²) in [5.74, 6) is -1.31. The lowest BCUT2D eigenvalue weighted by molar-refractivity contribution is -0.153. The zero-order valence-electron chi connectivity index (χ0n) is 14.6. The summed E-state index contributed by atoms with van der Waals surface area (Å²) in [6, 6.07) is 7.15. The summed E-state index contributed by atoms with van der Waals surface area (Å²) >= 11 is 0. The average Bonchev–Trinajstić information content (AvgIpc) is 3.03. The minimum atomic E-state index is -1.36. The molecular formula is C16H21BN4O5. The Morgan fingerprint density at radius 2 is 2.04 bits per heavy atom. The molecule has 26 heavy (non-hydrogen) atoms. The lowest BCUT2D eigenvalue weighted by Crippen LogP contribution is -2.41. The van der Waals surface area contributed by atoms with Gasteiger partial charge in [0, 0.05) is 12.5 Å². The maximum atomic E-state index is 12.3. The van der Waals surface area contributed by atoms with Gasteiger partial charge in [-0.2, -0.15) is 0 Å². The summed E-state index contributed by atoms with van der Waals surface area (Å²) < 4.78 is 4.80. The third kappa shape index (κ3) is 5.59. The molecule has 10 heteroatoms. The molecule has 1 aromatic heterocycles. The molecule has 0 spiro atoms. The molecule has 0 saturated carbocycles. The van der Waals surface area contributed by atoms with Crippen molar-refractivity contribution in [2.24, 2.45) is 0 Å². The second-order valence-electron chi connectivity index (χ2n) is 5.89. The molecule has 0 aliphatic carbocycles. The topological polar surface area (TPSA) is 127 Å². The maximum Gasteiger partial charge on any atom is 0.335 e. The monoisotopic (exact) mass is 360 g/mol. The van der Waals surface area contributed by atoms with Crippen LogP contribution in [-0.4, -0.2) is 63.9 Å². The highest BCUT2D eigenvalue weighted by atomic mass is 16.5. The lowest BCUT2D eigenvalue weighted by Gasteiger charge is -2.21. The summed E-state index contributed by atoms with van der Waals surface area (Å²) in [6.45, 7) is 1.80. The van der Waals surface area contributed by atoms with E-state index >= 15 is 0 Å². The van der Waals surface area contributed by atoms with E-state index in [1.807, 2.05) is 32.1 Å². The number of aliphatic hydroxyl groups excluding tert-OH is 1. The molecule has 9 nitrogen and oxygen atoms in total. The first kappa shape index (κ1) is 19.4. The molecule has 0 aliphatic rings. The third-order valence-electron chi connectivity index (χ3n) is 3.72. The van der Waals surface area contributed by atoms with Crippen LogP contribution < -0.4 is 10.8 Å². The molecule has 0 radical (unpaired) electrons. The van der Waals surface area contributed by atoms with E-state index in [2.05, 4.69) is 15.6 Å². The number of hydrogen-bond donors (Lipinski definition) is 3. The number of aliphatic hydroxyl groups is 1. The van der Waals surface area contributed by atoms with Gasteiger partial charge in [-0.3, -0.25) is 4.79 Å². The molecular weight excluding hydrogens is 339 g/mol. The first-order valence-electron chi connectivity index (χ1n) is 8.21. The number of amides is 1. The summed E-state index contributed by atoms with van der Waals surface area (Å²) in [7, 11) is 1.96. The molecule has 2 atom stereocenters. The molecule has 1 aromatic carbocycles. The van der Waals surface area contributed by atoms with Crippen LogP contribution in [-0.2, 0) is 16.0 Å². The molecule has 2 rings (SSSR count). The first-order chi connectivity index (χ1) is 12.4. The SMILES string of the molecule is Bc1ccc(CC(C[C@@H](O)C(=O)OCC)NC(=O)c2cn(O)nn2)cc1. The molecule has 138 valence electrons. The van der Waals surface area contributed by atoms with Gasteiger partial charge < -0.3 is 20.4 Å². The van der Waals surface area contributed by atoms with E-state index in [-0.39, 0.29) is 18.7 Å². The number of nitrogens with zero attached hydrogens (tertiary/aromatic N) is 3. The Labute approximate surface area is 151 Å². The van der Waals surface area contributed by atoms with Crippen LogP contribution >= 0.6 is 0 Å². The normalized spacial score (nSPS) is 13.0. The number of rotatable bonds is 8. The molecule has 0 aliphatic heterocycles. The van der Waals surface area contributed by atoms with Crippen molar-refractivity contribution < 1.29 is 24.6 Å². The van der Waals surface area contributed by atoms with E-state index in [4.69, 9.17) is 9.94 Å². The Morgan fingerprint density at radius 1 is 1.35 bits per heavy atom. The standard InChI is InChI=1S/C16H21BN4O5/c1-2-26-16(24)14(22)8-12(7-10-3-5-11(17)6-4-10)18-15(23)13-9-21(25)20-19-13/h3-6,9,12,14,22,25H,2,7-8,17H2,1H3,(H,18,23)/t12?,14-/m1/s1. The maximum absolute atomic E-state index is 12.3. The predicted octanol–water partition coefficient (Wildman–Crippen LogP) is -1.57. The largest absolute Gasteiger partial charge is 0.464 e. The second kappa shape index (κ2) is 9.00. The van der Waals surface area contributed by atoms with Crippen molar-refractivity contribution in [3.63, 3.8) is 0 Å². The fraction of sp³-hybridized carbons (Fsp3) is 0.375. The number of carbonyl (C=O) groups is 2.